The Balaban J connectivity index is 1.34. The third kappa shape index (κ3) is 4.79. The third-order valence-electron chi connectivity index (χ3n) is 7.53. The molecule has 0 radical (unpaired) electrons. The highest BCUT2D eigenvalue weighted by Gasteiger charge is 2.15. The van der Waals surface area contributed by atoms with E-state index in [-0.39, 0.29) is 0 Å². The summed E-state index contributed by atoms with van der Waals surface area (Å²) in [4.78, 5) is 24.5. The molecule has 0 amide bonds. The maximum absolute atomic E-state index is 5.01. The molecular weight excluding hydrogens is 514 g/mol. The summed E-state index contributed by atoms with van der Waals surface area (Å²) in [5.41, 5.74) is 9.00. The number of hydrogen-bond acceptors (Lipinski definition) is 5. The molecule has 7 rings (SSSR count). The Morgan fingerprint density at radius 2 is 1.00 bits per heavy atom. The first-order valence-electron chi connectivity index (χ1n) is 14.2. The second kappa shape index (κ2) is 10.6. The summed E-state index contributed by atoms with van der Waals surface area (Å²) in [5.74, 6) is 2.29. The van der Waals surface area contributed by atoms with Gasteiger partial charge < -0.3 is 0 Å². The van der Waals surface area contributed by atoms with Crippen molar-refractivity contribution in [3.05, 3.63) is 127 Å². The molecule has 0 saturated heterocycles. The van der Waals surface area contributed by atoms with Crippen molar-refractivity contribution in [1.82, 2.24) is 24.9 Å². The first-order valence-corrected chi connectivity index (χ1v) is 14.2. The van der Waals surface area contributed by atoms with Crippen LogP contribution in [0, 0.1) is 6.92 Å². The average molecular weight is 544 g/mol. The quantitative estimate of drug-likeness (QED) is 0.203. The molecule has 3 aromatic heterocycles. The summed E-state index contributed by atoms with van der Waals surface area (Å²) in [5, 5.41) is 2.19. The minimum atomic E-state index is 0.349. The van der Waals surface area contributed by atoms with E-state index in [2.05, 4.69) is 68.4 Å². The fourth-order valence-electron chi connectivity index (χ4n) is 5.31. The Hall–Kier alpha value is -5.29. The molecule has 7 aromatic rings. The number of nitrogens with zero attached hydrogens (tertiary/aromatic N) is 5. The molecule has 0 spiro atoms. The van der Waals surface area contributed by atoms with Crippen molar-refractivity contribution in [2.75, 3.05) is 0 Å². The zero-order chi connectivity index (χ0) is 28.6. The van der Waals surface area contributed by atoms with Crippen LogP contribution < -0.4 is 0 Å². The standard InChI is InChI=1S/C37H29N5/c1-23(2)32-21-19-26-18-20-30-31(22-24(3)38-34(30)33(26)39-32)25-14-16-29(17-15-25)37-41-35(27-10-6-4-7-11-27)40-36(42-37)28-12-8-5-9-13-28/h4-23H,1-3H3. The number of aryl methyl sites for hydroxylation is 1. The van der Waals surface area contributed by atoms with Crippen molar-refractivity contribution >= 4 is 21.8 Å². The predicted molar refractivity (Wildman–Crippen MR) is 171 cm³/mol. The summed E-state index contributed by atoms with van der Waals surface area (Å²) in [6.07, 6.45) is 0. The number of rotatable bonds is 5. The summed E-state index contributed by atoms with van der Waals surface area (Å²) in [7, 11) is 0. The average Bonchev–Trinajstić information content (AvgIpc) is 3.04. The Labute approximate surface area is 245 Å². The van der Waals surface area contributed by atoms with Crippen molar-refractivity contribution in [2.45, 2.75) is 26.7 Å². The van der Waals surface area contributed by atoms with Crippen LogP contribution in [0.5, 0.6) is 0 Å². The molecule has 0 aliphatic carbocycles. The highest BCUT2D eigenvalue weighted by atomic mass is 15.0. The first kappa shape index (κ1) is 25.7. The van der Waals surface area contributed by atoms with Gasteiger partial charge in [-0.2, -0.15) is 0 Å². The van der Waals surface area contributed by atoms with E-state index in [0.717, 1.165) is 61.0 Å². The Morgan fingerprint density at radius 3 is 1.57 bits per heavy atom. The van der Waals surface area contributed by atoms with Crippen LogP contribution in [0.4, 0.5) is 0 Å². The zero-order valence-electron chi connectivity index (χ0n) is 23.8. The van der Waals surface area contributed by atoms with E-state index in [0.29, 0.717) is 23.4 Å². The van der Waals surface area contributed by atoms with Crippen LogP contribution in [0.2, 0.25) is 0 Å². The molecule has 202 valence electrons. The number of hydrogen-bond donors (Lipinski definition) is 0. The molecule has 0 unspecified atom stereocenters. The van der Waals surface area contributed by atoms with Gasteiger partial charge in [0.1, 0.15) is 0 Å². The lowest BCUT2D eigenvalue weighted by molar-refractivity contribution is 0.830. The zero-order valence-corrected chi connectivity index (χ0v) is 23.8. The molecule has 0 atom stereocenters. The van der Waals surface area contributed by atoms with Gasteiger partial charge in [-0.05, 0) is 36.1 Å². The Morgan fingerprint density at radius 1 is 0.476 bits per heavy atom. The van der Waals surface area contributed by atoms with E-state index in [9.17, 15) is 0 Å². The molecule has 0 N–H and O–H groups in total. The Bertz CT molecular complexity index is 1990. The fourth-order valence-corrected chi connectivity index (χ4v) is 5.31. The Kier molecular flexibility index (Phi) is 6.48. The van der Waals surface area contributed by atoms with Crippen LogP contribution in [-0.4, -0.2) is 24.9 Å². The van der Waals surface area contributed by atoms with Gasteiger partial charge in [0.2, 0.25) is 0 Å². The van der Waals surface area contributed by atoms with E-state index in [1.165, 1.54) is 0 Å². The van der Waals surface area contributed by atoms with E-state index in [1.54, 1.807) is 0 Å². The third-order valence-corrected chi connectivity index (χ3v) is 7.53. The maximum atomic E-state index is 5.01. The van der Waals surface area contributed by atoms with E-state index in [1.807, 2.05) is 67.6 Å². The number of fused-ring (bicyclic) bond motifs is 3. The van der Waals surface area contributed by atoms with Crippen molar-refractivity contribution in [3.63, 3.8) is 0 Å². The molecule has 0 aliphatic rings. The largest absolute Gasteiger partial charge is 0.251 e. The smallest absolute Gasteiger partial charge is 0.164 e. The first-order chi connectivity index (χ1) is 20.5. The van der Waals surface area contributed by atoms with Crippen LogP contribution in [0.15, 0.2) is 115 Å². The summed E-state index contributed by atoms with van der Waals surface area (Å²) in [6.45, 7) is 6.38. The van der Waals surface area contributed by atoms with E-state index in [4.69, 9.17) is 24.9 Å². The van der Waals surface area contributed by atoms with Gasteiger partial charge in [0, 0.05) is 38.9 Å². The van der Waals surface area contributed by atoms with Crippen molar-refractivity contribution in [1.29, 1.82) is 0 Å². The summed E-state index contributed by atoms with van der Waals surface area (Å²) < 4.78 is 0. The molecule has 5 heteroatoms. The number of benzene rings is 4. The van der Waals surface area contributed by atoms with Gasteiger partial charge in [0.25, 0.3) is 0 Å². The van der Waals surface area contributed by atoms with Gasteiger partial charge >= 0.3 is 0 Å². The van der Waals surface area contributed by atoms with Crippen LogP contribution >= 0.6 is 0 Å². The molecular formula is C37H29N5. The van der Waals surface area contributed by atoms with Crippen molar-refractivity contribution in [3.8, 4) is 45.3 Å². The van der Waals surface area contributed by atoms with E-state index >= 15 is 0 Å². The summed E-state index contributed by atoms with van der Waals surface area (Å²) >= 11 is 0. The lowest BCUT2D eigenvalue weighted by Crippen LogP contribution is -2.00. The fraction of sp³-hybridized carbons (Fsp3) is 0.108. The number of pyridine rings is 2. The van der Waals surface area contributed by atoms with Gasteiger partial charge in [-0.1, -0.05) is 117 Å². The number of aromatic nitrogens is 5. The normalized spacial score (nSPS) is 11.4. The predicted octanol–water partition coefficient (Wildman–Crippen LogP) is 9.07. The van der Waals surface area contributed by atoms with Crippen LogP contribution in [0.1, 0.15) is 31.2 Å². The molecule has 4 aromatic carbocycles. The topological polar surface area (TPSA) is 64.5 Å². The van der Waals surface area contributed by atoms with Crippen LogP contribution in [0.3, 0.4) is 0 Å². The van der Waals surface area contributed by atoms with Gasteiger partial charge in [0.15, 0.2) is 17.5 Å². The van der Waals surface area contributed by atoms with Crippen molar-refractivity contribution in [2.24, 2.45) is 0 Å². The molecule has 3 heterocycles. The molecule has 0 fully saturated rings. The second-order valence-electron chi connectivity index (χ2n) is 10.9. The molecule has 0 bridgehead atoms. The highest BCUT2D eigenvalue weighted by Crippen LogP contribution is 2.34. The molecule has 0 aliphatic heterocycles. The van der Waals surface area contributed by atoms with Crippen molar-refractivity contribution < 1.29 is 0 Å². The minimum absolute atomic E-state index is 0.349. The van der Waals surface area contributed by atoms with Gasteiger partial charge in [0.05, 0.1) is 11.0 Å². The van der Waals surface area contributed by atoms with Gasteiger partial charge in [-0.3, -0.25) is 9.97 Å². The molecule has 0 saturated carbocycles. The van der Waals surface area contributed by atoms with Crippen LogP contribution in [-0.2, 0) is 0 Å². The maximum Gasteiger partial charge on any atom is 0.164 e. The highest BCUT2D eigenvalue weighted by molar-refractivity contribution is 6.08. The lowest BCUT2D eigenvalue weighted by atomic mass is 9.97. The molecule has 42 heavy (non-hydrogen) atoms. The summed E-state index contributed by atoms with van der Waals surface area (Å²) in [6, 6.07) is 39.3. The lowest BCUT2D eigenvalue weighted by Gasteiger charge is -2.13. The monoisotopic (exact) mass is 543 g/mol. The van der Waals surface area contributed by atoms with Gasteiger partial charge in [-0.25, -0.2) is 15.0 Å². The van der Waals surface area contributed by atoms with Gasteiger partial charge in [-0.15, -0.1) is 0 Å². The minimum Gasteiger partial charge on any atom is -0.251 e. The van der Waals surface area contributed by atoms with Crippen LogP contribution in [0.25, 0.3) is 67.1 Å². The second-order valence-corrected chi connectivity index (χ2v) is 10.9. The molecule has 5 nitrogen and oxygen atoms in total. The van der Waals surface area contributed by atoms with E-state index < -0.39 is 0 Å². The SMILES string of the molecule is Cc1cc(-c2ccc(-c3nc(-c4ccccc4)nc(-c4ccccc4)n3)cc2)c2ccc3ccc(C(C)C)nc3c2n1.